The maximum absolute atomic E-state index is 11.9. The quantitative estimate of drug-likeness (QED) is 0.885. The lowest BCUT2D eigenvalue weighted by atomic mass is 10.1. The Morgan fingerprint density at radius 3 is 2.50 bits per heavy atom. The molecule has 0 radical (unpaired) electrons. The number of rotatable bonds is 5. The van der Waals surface area contributed by atoms with Crippen LogP contribution in [0.15, 0.2) is 34.7 Å². The van der Waals surface area contributed by atoms with Crippen LogP contribution in [0.3, 0.4) is 0 Å². The Kier molecular flexibility index (Phi) is 4.50. The summed E-state index contributed by atoms with van der Waals surface area (Å²) in [6.45, 7) is 3.58. The van der Waals surface area contributed by atoms with E-state index in [2.05, 4.69) is 5.32 Å². The molecule has 0 aliphatic rings. The van der Waals surface area contributed by atoms with Crippen molar-refractivity contribution in [1.82, 2.24) is 0 Å². The number of carboxylic acids is 1. The number of ether oxygens (including phenoxy) is 1. The fourth-order valence-corrected chi connectivity index (χ4v) is 1.84. The van der Waals surface area contributed by atoms with E-state index in [1.807, 2.05) is 0 Å². The highest BCUT2D eigenvalue weighted by Crippen LogP contribution is 2.31. The van der Waals surface area contributed by atoms with Gasteiger partial charge in [-0.15, -0.1) is 0 Å². The highest BCUT2D eigenvalue weighted by atomic mass is 16.5. The highest BCUT2D eigenvalue weighted by molar-refractivity contribution is 5.94. The summed E-state index contributed by atoms with van der Waals surface area (Å²) < 4.78 is 10.5. The van der Waals surface area contributed by atoms with Gasteiger partial charge in [0.15, 0.2) is 0 Å². The maximum atomic E-state index is 11.9. The van der Waals surface area contributed by atoms with Gasteiger partial charge >= 0.3 is 5.97 Å². The fraction of sp³-hybridized carbons (Fsp3) is 0.250. The van der Waals surface area contributed by atoms with Gasteiger partial charge in [0.2, 0.25) is 11.7 Å². The largest absolute Gasteiger partial charge is 0.495 e. The first-order chi connectivity index (χ1) is 10.4. The van der Waals surface area contributed by atoms with Crippen molar-refractivity contribution in [1.29, 1.82) is 0 Å². The standard InChI is InChI=1S/C16H17NO5/c1-9(2)15(18)17-11-8-10(4-5-13(11)21-3)12-6-7-14(22-12)16(19)20/h4-9H,1-3H3,(H,17,18)(H,19,20). The average Bonchev–Trinajstić information content (AvgIpc) is 2.97. The minimum atomic E-state index is -1.13. The summed E-state index contributed by atoms with van der Waals surface area (Å²) in [4.78, 5) is 22.7. The molecule has 0 saturated carbocycles. The van der Waals surface area contributed by atoms with Crippen LogP contribution in [0.5, 0.6) is 5.75 Å². The van der Waals surface area contributed by atoms with E-state index in [0.29, 0.717) is 22.8 Å². The summed E-state index contributed by atoms with van der Waals surface area (Å²) in [7, 11) is 1.51. The van der Waals surface area contributed by atoms with Gasteiger partial charge in [-0.05, 0) is 30.3 Å². The van der Waals surface area contributed by atoms with Crippen LogP contribution < -0.4 is 10.1 Å². The second kappa shape index (κ2) is 6.34. The summed E-state index contributed by atoms with van der Waals surface area (Å²) in [5.41, 5.74) is 1.15. The number of furan rings is 1. The summed E-state index contributed by atoms with van der Waals surface area (Å²) in [6, 6.07) is 8.06. The number of hydrogen-bond donors (Lipinski definition) is 2. The van der Waals surface area contributed by atoms with Crippen molar-refractivity contribution in [2.75, 3.05) is 12.4 Å². The van der Waals surface area contributed by atoms with Crippen LogP contribution in [-0.4, -0.2) is 24.1 Å². The van der Waals surface area contributed by atoms with Crippen LogP contribution in [0, 0.1) is 5.92 Å². The molecule has 1 amide bonds. The van der Waals surface area contributed by atoms with Crippen molar-refractivity contribution in [3.8, 4) is 17.1 Å². The molecule has 6 nitrogen and oxygen atoms in total. The van der Waals surface area contributed by atoms with Crippen molar-refractivity contribution in [2.45, 2.75) is 13.8 Å². The van der Waals surface area contributed by atoms with Crippen LogP contribution in [-0.2, 0) is 4.79 Å². The maximum Gasteiger partial charge on any atom is 0.371 e. The van der Waals surface area contributed by atoms with Crippen molar-refractivity contribution < 1.29 is 23.8 Å². The molecule has 0 atom stereocenters. The van der Waals surface area contributed by atoms with Crippen molar-refractivity contribution in [3.63, 3.8) is 0 Å². The number of carbonyl (C=O) groups excluding carboxylic acids is 1. The lowest BCUT2D eigenvalue weighted by Crippen LogP contribution is -2.18. The molecule has 0 spiro atoms. The van der Waals surface area contributed by atoms with E-state index in [1.165, 1.54) is 13.2 Å². The molecule has 0 bridgehead atoms. The molecular weight excluding hydrogens is 286 g/mol. The monoisotopic (exact) mass is 303 g/mol. The number of amides is 1. The van der Waals surface area contributed by atoms with E-state index in [0.717, 1.165) is 0 Å². The lowest BCUT2D eigenvalue weighted by Gasteiger charge is -2.12. The van der Waals surface area contributed by atoms with Gasteiger partial charge in [-0.1, -0.05) is 13.8 Å². The molecule has 1 aromatic heterocycles. The minimum Gasteiger partial charge on any atom is -0.495 e. The van der Waals surface area contributed by atoms with Gasteiger partial charge in [-0.2, -0.15) is 0 Å². The zero-order valence-corrected chi connectivity index (χ0v) is 12.5. The molecule has 116 valence electrons. The normalized spacial score (nSPS) is 10.5. The van der Waals surface area contributed by atoms with E-state index in [4.69, 9.17) is 14.3 Å². The molecule has 0 aliphatic carbocycles. The predicted octanol–water partition coefficient (Wildman–Crippen LogP) is 3.25. The number of hydrogen-bond acceptors (Lipinski definition) is 4. The second-order valence-electron chi connectivity index (χ2n) is 5.03. The molecule has 2 aromatic rings. The highest BCUT2D eigenvalue weighted by Gasteiger charge is 2.15. The molecule has 0 fully saturated rings. The number of carboxylic acid groups (broad SMARTS) is 1. The Hall–Kier alpha value is -2.76. The van der Waals surface area contributed by atoms with Crippen molar-refractivity contribution in [2.24, 2.45) is 5.92 Å². The number of nitrogens with one attached hydrogen (secondary N) is 1. The molecular formula is C16H17NO5. The molecule has 2 rings (SSSR count). The molecule has 0 aliphatic heterocycles. The Morgan fingerprint density at radius 1 is 1.23 bits per heavy atom. The van der Waals surface area contributed by atoms with Gasteiger partial charge in [0.25, 0.3) is 0 Å². The number of benzene rings is 1. The zero-order valence-electron chi connectivity index (χ0n) is 12.5. The Bertz CT molecular complexity index is 702. The summed E-state index contributed by atoms with van der Waals surface area (Å²) >= 11 is 0. The molecule has 1 aromatic carbocycles. The molecule has 2 N–H and O–H groups in total. The number of methoxy groups -OCH3 is 1. The van der Waals surface area contributed by atoms with E-state index >= 15 is 0 Å². The summed E-state index contributed by atoms with van der Waals surface area (Å²) in [5.74, 6) is -0.661. The Balaban J connectivity index is 2.37. The van der Waals surface area contributed by atoms with E-state index in [1.54, 1.807) is 38.1 Å². The summed E-state index contributed by atoms with van der Waals surface area (Å²) in [5, 5.41) is 11.7. The topological polar surface area (TPSA) is 88.8 Å². The zero-order chi connectivity index (χ0) is 16.3. The smallest absolute Gasteiger partial charge is 0.371 e. The molecule has 1 heterocycles. The van der Waals surface area contributed by atoms with Gasteiger partial charge in [0.05, 0.1) is 12.8 Å². The molecule has 0 saturated heterocycles. The first-order valence-electron chi connectivity index (χ1n) is 6.74. The summed E-state index contributed by atoms with van der Waals surface area (Å²) in [6.07, 6.45) is 0. The number of carbonyl (C=O) groups is 2. The third kappa shape index (κ3) is 3.28. The minimum absolute atomic E-state index is 0.138. The third-order valence-electron chi connectivity index (χ3n) is 3.08. The van der Waals surface area contributed by atoms with Crippen LogP contribution in [0.2, 0.25) is 0 Å². The first-order valence-corrected chi connectivity index (χ1v) is 6.74. The van der Waals surface area contributed by atoms with Gasteiger partial charge in [0, 0.05) is 11.5 Å². The molecule has 22 heavy (non-hydrogen) atoms. The van der Waals surface area contributed by atoms with Gasteiger partial charge in [-0.25, -0.2) is 4.79 Å². The molecule has 0 unspecified atom stereocenters. The van der Waals surface area contributed by atoms with E-state index < -0.39 is 5.97 Å². The van der Waals surface area contributed by atoms with E-state index in [9.17, 15) is 9.59 Å². The second-order valence-corrected chi connectivity index (χ2v) is 5.03. The van der Waals surface area contributed by atoms with Crippen LogP contribution in [0.1, 0.15) is 24.4 Å². The van der Waals surface area contributed by atoms with Gasteiger partial charge in [0.1, 0.15) is 11.5 Å². The van der Waals surface area contributed by atoms with Gasteiger partial charge < -0.3 is 19.6 Å². The van der Waals surface area contributed by atoms with Crippen molar-refractivity contribution >= 4 is 17.6 Å². The van der Waals surface area contributed by atoms with Crippen LogP contribution in [0.4, 0.5) is 5.69 Å². The number of anilines is 1. The lowest BCUT2D eigenvalue weighted by molar-refractivity contribution is -0.118. The Labute approximate surface area is 127 Å². The van der Waals surface area contributed by atoms with Crippen molar-refractivity contribution in [3.05, 3.63) is 36.1 Å². The van der Waals surface area contributed by atoms with Gasteiger partial charge in [-0.3, -0.25) is 4.79 Å². The third-order valence-corrected chi connectivity index (χ3v) is 3.08. The number of aromatic carboxylic acids is 1. The average molecular weight is 303 g/mol. The fourth-order valence-electron chi connectivity index (χ4n) is 1.84. The first kappa shape index (κ1) is 15.6. The van der Waals surface area contributed by atoms with Crippen LogP contribution >= 0.6 is 0 Å². The van der Waals surface area contributed by atoms with E-state index in [-0.39, 0.29) is 17.6 Å². The van der Waals surface area contributed by atoms with Crippen LogP contribution in [0.25, 0.3) is 11.3 Å². The Morgan fingerprint density at radius 2 is 1.95 bits per heavy atom. The predicted molar refractivity (Wildman–Crippen MR) is 81.1 cm³/mol. The SMILES string of the molecule is COc1ccc(-c2ccc(C(=O)O)o2)cc1NC(=O)C(C)C. The molecule has 6 heteroatoms.